The minimum atomic E-state index is 0.248. The molecule has 0 atom stereocenters. The second-order valence-electron chi connectivity index (χ2n) is 2.52. The van der Waals surface area contributed by atoms with Crippen molar-refractivity contribution in [1.82, 2.24) is 4.98 Å². The van der Waals surface area contributed by atoms with Crippen LogP contribution < -0.4 is 10.1 Å². The summed E-state index contributed by atoms with van der Waals surface area (Å²) in [6.07, 6.45) is 3.53. The Hall–Kier alpha value is -1.65. The first-order valence-electron chi connectivity index (χ1n) is 4.24. The van der Waals surface area contributed by atoms with E-state index >= 15 is 0 Å². The van der Waals surface area contributed by atoms with Gasteiger partial charge in [-0.25, -0.2) is 0 Å². The topological polar surface area (TPSA) is 51.2 Å². The Morgan fingerprint density at radius 1 is 1.71 bits per heavy atom. The minimum absolute atomic E-state index is 0.248. The summed E-state index contributed by atoms with van der Waals surface area (Å²) in [6.45, 7) is 4.00. The van der Waals surface area contributed by atoms with Gasteiger partial charge < -0.3 is 0 Å². The Morgan fingerprint density at radius 2 is 2.57 bits per heavy atom. The van der Waals surface area contributed by atoms with Crippen LogP contribution in [-0.2, 0) is 4.70 Å². The summed E-state index contributed by atoms with van der Waals surface area (Å²) in [4.78, 5) is 4.01. The van der Waals surface area contributed by atoms with Crippen molar-refractivity contribution >= 4 is 13.0 Å². The number of pyridine rings is 1. The van der Waals surface area contributed by atoms with Gasteiger partial charge in [0.05, 0.1) is 0 Å². The van der Waals surface area contributed by atoms with E-state index in [1.54, 1.807) is 24.4 Å². The van der Waals surface area contributed by atoms with Crippen molar-refractivity contribution in [2.24, 2.45) is 0 Å². The first kappa shape index (κ1) is 10.4. The molecule has 4 nitrogen and oxygen atoms in total. The van der Waals surface area contributed by atoms with Crippen molar-refractivity contribution in [2.75, 3.05) is 18.4 Å². The van der Waals surface area contributed by atoms with Gasteiger partial charge in [0.25, 0.3) is 0 Å². The van der Waals surface area contributed by atoms with Crippen LogP contribution in [0.1, 0.15) is 0 Å². The number of rotatable bonds is 6. The van der Waals surface area contributed by atoms with Gasteiger partial charge in [-0.05, 0) is 0 Å². The number of hydrogen-bond acceptors (Lipinski definition) is 4. The van der Waals surface area contributed by atoms with Crippen molar-refractivity contribution in [1.29, 1.82) is 0 Å². The van der Waals surface area contributed by atoms with Crippen LogP contribution in [-0.4, -0.2) is 25.2 Å². The Balaban J connectivity index is 2.58. The monoisotopic (exact) mass is 190 g/mol. The molecule has 0 bridgehead atoms. The number of nitrogens with one attached hydrogen (secondary N) is 1. The average molecular weight is 190 g/mol. The third-order valence-corrected chi connectivity index (χ3v) is 1.47. The molecule has 1 N–H and O–H groups in total. The van der Waals surface area contributed by atoms with Gasteiger partial charge in [0, 0.05) is 0 Å². The summed E-state index contributed by atoms with van der Waals surface area (Å²) in [5.41, 5.74) is 0. The maximum absolute atomic E-state index is 10.1. The van der Waals surface area contributed by atoms with Gasteiger partial charge in [-0.2, -0.15) is 0 Å². The van der Waals surface area contributed by atoms with Gasteiger partial charge >= 0.3 is 82.5 Å². The van der Waals surface area contributed by atoms with E-state index < -0.39 is 0 Å². The molecule has 1 heterocycles. The zero-order chi connectivity index (χ0) is 10.2. The van der Waals surface area contributed by atoms with E-state index in [4.69, 9.17) is 4.74 Å². The van der Waals surface area contributed by atoms with Crippen LogP contribution in [0.25, 0.3) is 0 Å². The molecule has 0 fully saturated rings. The molecule has 1 aromatic heterocycles. The van der Waals surface area contributed by atoms with Gasteiger partial charge in [-0.15, -0.1) is 0 Å². The summed E-state index contributed by atoms with van der Waals surface area (Å²) in [7, 11) is 0.777. The summed E-state index contributed by atoms with van der Waals surface area (Å²) >= 11 is 0. The van der Waals surface area contributed by atoms with E-state index in [-0.39, 0.29) is 6.44 Å². The molecule has 72 valence electrons. The molecule has 0 aliphatic rings. The third-order valence-electron chi connectivity index (χ3n) is 1.47. The van der Waals surface area contributed by atoms with Crippen LogP contribution in [0, 0.1) is 0 Å². The molecule has 14 heavy (non-hydrogen) atoms. The SMILES string of the molecule is C=CCOc1ccnc(NCB=O)c1. The fourth-order valence-corrected chi connectivity index (χ4v) is 0.899. The van der Waals surface area contributed by atoms with Crippen LogP contribution in [0.5, 0.6) is 5.75 Å². The fourth-order valence-electron chi connectivity index (χ4n) is 0.899. The van der Waals surface area contributed by atoms with Crippen LogP contribution in [0.4, 0.5) is 5.82 Å². The van der Waals surface area contributed by atoms with Crippen molar-refractivity contribution in [3.05, 3.63) is 31.0 Å². The van der Waals surface area contributed by atoms with Gasteiger partial charge in [-0.1, -0.05) is 0 Å². The number of ether oxygens (including phenoxy) is 1. The molecule has 0 amide bonds. The Kier molecular flexibility index (Phi) is 4.40. The molecule has 0 saturated heterocycles. The van der Waals surface area contributed by atoms with Gasteiger partial charge in [0.15, 0.2) is 0 Å². The van der Waals surface area contributed by atoms with Crippen LogP contribution in [0.2, 0.25) is 0 Å². The maximum atomic E-state index is 10.1. The molecule has 0 unspecified atom stereocenters. The molecular weight excluding hydrogens is 179 g/mol. The zero-order valence-corrected chi connectivity index (χ0v) is 7.77. The van der Waals surface area contributed by atoms with Crippen LogP contribution >= 0.6 is 0 Å². The Bertz CT molecular complexity index is 290. The summed E-state index contributed by atoms with van der Waals surface area (Å²) in [5, 5.41) is 2.83. The van der Waals surface area contributed by atoms with E-state index in [0.29, 0.717) is 18.2 Å². The summed E-state index contributed by atoms with van der Waals surface area (Å²) < 4.78 is 15.4. The molecule has 0 aliphatic heterocycles. The van der Waals surface area contributed by atoms with E-state index in [0.717, 1.165) is 7.15 Å². The normalized spacial score (nSPS) is 8.86. The van der Waals surface area contributed by atoms with Crippen LogP contribution in [0.3, 0.4) is 0 Å². The van der Waals surface area contributed by atoms with E-state index in [2.05, 4.69) is 16.9 Å². The van der Waals surface area contributed by atoms with Crippen molar-refractivity contribution in [3.8, 4) is 5.75 Å². The predicted octanol–water partition coefficient (Wildman–Crippen LogP) is 1.07. The molecule has 0 aliphatic carbocycles. The second-order valence-corrected chi connectivity index (χ2v) is 2.52. The third kappa shape index (κ3) is 3.39. The second kappa shape index (κ2) is 5.91. The average Bonchev–Trinajstić information content (AvgIpc) is 2.24. The molecule has 0 saturated carbocycles. The standard InChI is InChI=1S/C9H11BN2O2/c1-2-5-14-8-3-4-11-9(6-8)12-7-10-13/h2-4,6H,1,5,7H2,(H,11,12). The summed E-state index contributed by atoms with van der Waals surface area (Å²) in [5.74, 6) is 1.33. The molecule has 1 aromatic rings. The summed E-state index contributed by atoms with van der Waals surface area (Å²) in [6, 6.07) is 3.47. The van der Waals surface area contributed by atoms with Gasteiger partial charge in [0.1, 0.15) is 0 Å². The first-order valence-corrected chi connectivity index (χ1v) is 4.24. The molecule has 1 rings (SSSR count). The molecule has 0 radical (unpaired) electrons. The van der Waals surface area contributed by atoms with Crippen molar-refractivity contribution in [2.45, 2.75) is 0 Å². The van der Waals surface area contributed by atoms with E-state index in [9.17, 15) is 4.70 Å². The molecule has 5 heteroatoms. The van der Waals surface area contributed by atoms with E-state index in [1.807, 2.05) is 0 Å². The zero-order valence-electron chi connectivity index (χ0n) is 7.77. The van der Waals surface area contributed by atoms with Crippen LogP contribution in [0.15, 0.2) is 31.0 Å². The Morgan fingerprint density at radius 3 is 3.29 bits per heavy atom. The number of hydrogen-bond donors (Lipinski definition) is 1. The number of aromatic nitrogens is 1. The van der Waals surface area contributed by atoms with Gasteiger partial charge in [0.2, 0.25) is 0 Å². The molecule has 0 aromatic carbocycles. The number of anilines is 1. The first-order chi connectivity index (χ1) is 6.86. The van der Waals surface area contributed by atoms with Gasteiger partial charge in [-0.3, -0.25) is 0 Å². The van der Waals surface area contributed by atoms with Crippen molar-refractivity contribution < 1.29 is 9.44 Å². The van der Waals surface area contributed by atoms with Crippen molar-refractivity contribution in [3.63, 3.8) is 0 Å². The fraction of sp³-hybridized carbons (Fsp3) is 0.222. The molecular formula is C9H11BN2O2. The Labute approximate surface area is 83.2 Å². The predicted molar refractivity (Wildman–Crippen MR) is 54.9 cm³/mol. The van der Waals surface area contributed by atoms with E-state index in [1.165, 1.54) is 0 Å². The molecule has 0 spiro atoms. The number of nitrogens with zero attached hydrogens (tertiary/aromatic N) is 1. The quantitative estimate of drug-likeness (QED) is 0.538.